The van der Waals surface area contributed by atoms with Crippen LogP contribution in [0.25, 0.3) is 10.9 Å². The Kier molecular flexibility index (Phi) is 9.35. The van der Waals surface area contributed by atoms with Gasteiger partial charge in [-0.1, -0.05) is 12.1 Å². The SMILES string of the molecule is COc1cc([C@](O)(CCN(C)C)[C@@H](c2cc3cc(C#N)ccc3nc2OC)c2cccc(OC)c2OC)cc(OC)n1. The van der Waals surface area contributed by atoms with Crippen LogP contribution in [0.15, 0.2) is 54.6 Å². The molecule has 0 unspecified atom stereocenters. The first kappa shape index (κ1) is 30.4. The molecule has 0 fully saturated rings. The van der Waals surface area contributed by atoms with E-state index < -0.39 is 11.5 Å². The standard InChI is InChI=1S/C32H36N4O6/c1-36(2)14-13-32(37,22-17-27(39-4)35-28(18-22)40-5)29(23-9-8-10-26(38-3)30(23)41-6)24-16-21-15-20(19-33)11-12-25(21)34-31(24)42-7/h8-12,15-18,29,37H,13-14H2,1-7H3/t29-,32-/m1/s1. The fourth-order valence-electron chi connectivity index (χ4n) is 5.23. The largest absolute Gasteiger partial charge is 0.493 e. The van der Waals surface area contributed by atoms with Crippen molar-refractivity contribution in [1.29, 1.82) is 5.26 Å². The summed E-state index contributed by atoms with van der Waals surface area (Å²) in [6.45, 7) is 0.522. The third-order valence-electron chi connectivity index (χ3n) is 7.30. The number of para-hydroxylation sites is 1. The molecule has 0 radical (unpaired) electrons. The van der Waals surface area contributed by atoms with Crippen molar-refractivity contribution in [3.05, 3.63) is 76.9 Å². The second-order valence-electron chi connectivity index (χ2n) is 10.0. The van der Waals surface area contributed by atoms with Crippen molar-refractivity contribution in [3.8, 4) is 35.2 Å². The summed E-state index contributed by atoms with van der Waals surface area (Å²) < 4.78 is 28.4. The number of ether oxygens (including phenoxy) is 5. The number of hydrogen-bond acceptors (Lipinski definition) is 10. The van der Waals surface area contributed by atoms with Gasteiger partial charge in [0.2, 0.25) is 17.6 Å². The molecule has 10 nitrogen and oxygen atoms in total. The molecule has 0 spiro atoms. The highest BCUT2D eigenvalue weighted by Gasteiger charge is 2.45. The molecule has 2 aromatic heterocycles. The summed E-state index contributed by atoms with van der Waals surface area (Å²) in [4.78, 5) is 11.2. The number of aromatic nitrogens is 2. The van der Waals surface area contributed by atoms with E-state index in [1.54, 1.807) is 57.7 Å². The third kappa shape index (κ3) is 5.88. The number of aliphatic hydroxyl groups is 1. The lowest BCUT2D eigenvalue weighted by Gasteiger charge is -2.39. The number of nitriles is 1. The zero-order valence-corrected chi connectivity index (χ0v) is 25.0. The van der Waals surface area contributed by atoms with Gasteiger partial charge < -0.3 is 33.7 Å². The highest BCUT2D eigenvalue weighted by molar-refractivity contribution is 5.82. The van der Waals surface area contributed by atoms with Crippen LogP contribution in [0.3, 0.4) is 0 Å². The second kappa shape index (κ2) is 12.9. The Morgan fingerprint density at radius 1 is 0.857 bits per heavy atom. The van der Waals surface area contributed by atoms with Crippen LogP contribution in [-0.2, 0) is 5.60 Å². The summed E-state index contributed by atoms with van der Waals surface area (Å²) in [5, 5.41) is 23.4. The second-order valence-corrected chi connectivity index (χ2v) is 10.0. The summed E-state index contributed by atoms with van der Waals surface area (Å²) in [5.41, 5.74) is 1.27. The predicted molar refractivity (Wildman–Crippen MR) is 159 cm³/mol. The van der Waals surface area contributed by atoms with Gasteiger partial charge in [-0.15, -0.1) is 0 Å². The van der Waals surface area contributed by atoms with Crippen molar-refractivity contribution in [2.45, 2.75) is 17.9 Å². The molecule has 2 atom stereocenters. The summed E-state index contributed by atoms with van der Waals surface area (Å²) in [6, 6.07) is 18.3. The minimum atomic E-state index is -1.61. The first-order valence-electron chi connectivity index (χ1n) is 13.3. The van der Waals surface area contributed by atoms with E-state index in [-0.39, 0.29) is 18.2 Å². The van der Waals surface area contributed by atoms with E-state index in [4.69, 9.17) is 28.7 Å². The molecule has 0 aliphatic carbocycles. The molecular weight excluding hydrogens is 536 g/mol. The topological polar surface area (TPSA) is 119 Å². The van der Waals surface area contributed by atoms with Crippen LogP contribution < -0.4 is 23.7 Å². The van der Waals surface area contributed by atoms with Crippen LogP contribution in [0.4, 0.5) is 0 Å². The van der Waals surface area contributed by atoms with Gasteiger partial charge in [0, 0.05) is 35.2 Å². The van der Waals surface area contributed by atoms with Gasteiger partial charge in [0.25, 0.3) is 0 Å². The van der Waals surface area contributed by atoms with E-state index in [0.29, 0.717) is 51.7 Å². The molecule has 0 saturated carbocycles. The highest BCUT2D eigenvalue weighted by atomic mass is 16.5. The van der Waals surface area contributed by atoms with Gasteiger partial charge in [-0.25, -0.2) is 4.98 Å². The van der Waals surface area contributed by atoms with E-state index in [0.717, 1.165) is 5.39 Å². The van der Waals surface area contributed by atoms with Crippen molar-refractivity contribution < 1.29 is 28.8 Å². The normalized spacial score (nSPS) is 13.2. The summed E-state index contributed by atoms with van der Waals surface area (Å²) >= 11 is 0. The van der Waals surface area contributed by atoms with Gasteiger partial charge in [-0.3, -0.25) is 0 Å². The molecule has 0 bridgehead atoms. The summed E-state index contributed by atoms with van der Waals surface area (Å²) in [6.07, 6.45) is 0.279. The molecule has 220 valence electrons. The molecule has 2 heterocycles. The number of benzene rings is 2. The lowest BCUT2D eigenvalue weighted by atomic mass is 9.71. The smallest absolute Gasteiger partial charge is 0.217 e. The van der Waals surface area contributed by atoms with Gasteiger partial charge in [0.15, 0.2) is 11.5 Å². The molecule has 0 aliphatic rings. The molecule has 0 saturated heterocycles. The number of pyridine rings is 2. The van der Waals surface area contributed by atoms with Crippen LogP contribution >= 0.6 is 0 Å². The number of hydrogen-bond donors (Lipinski definition) is 1. The fraction of sp³-hybridized carbons (Fsp3) is 0.344. The molecule has 10 heteroatoms. The fourth-order valence-corrected chi connectivity index (χ4v) is 5.23. The van der Waals surface area contributed by atoms with Crippen molar-refractivity contribution in [2.75, 3.05) is 56.2 Å². The molecule has 42 heavy (non-hydrogen) atoms. The van der Waals surface area contributed by atoms with Crippen LogP contribution in [0.1, 0.15) is 34.6 Å². The number of nitrogens with zero attached hydrogens (tertiary/aromatic N) is 4. The summed E-state index contributed by atoms with van der Waals surface area (Å²) in [7, 11) is 11.6. The average molecular weight is 573 g/mol. The van der Waals surface area contributed by atoms with E-state index in [1.165, 1.54) is 14.2 Å². The lowest BCUT2D eigenvalue weighted by Crippen LogP contribution is -2.38. The maximum atomic E-state index is 13.1. The maximum absolute atomic E-state index is 13.1. The van der Waals surface area contributed by atoms with E-state index >= 15 is 0 Å². The van der Waals surface area contributed by atoms with Crippen LogP contribution in [-0.4, -0.2) is 76.2 Å². The molecule has 4 aromatic rings. The molecular formula is C32H36N4O6. The molecule has 1 N–H and O–H groups in total. The molecule has 4 rings (SSSR count). The zero-order chi connectivity index (χ0) is 30.4. The van der Waals surface area contributed by atoms with Crippen molar-refractivity contribution in [1.82, 2.24) is 14.9 Å². The minimum absolute atomic E-state index is 0.279. The number of methoxy groups -OCH3 is 5. The average Bonchev–Trinajstić information content (AvgIpc) is 3.02. The Balaban J connectivity index is 2.16. The van der Waals surface area contributed by atoms with E-state index in [2.05, 4.69) is 11.1 Å². The van der Waals surface area contributed by atoms with Gasteiger partial charge in [0.05, 0.1) is 58.6 Å². The first-order valence-corrected chi connectivity index (χ1v) is 13.3. The molecule has 0 aliphatic heterocycles. The zero-order valence-electron chi connectivity index (χ0n) is 25.0. The minimum Gasteiger partial charge on any atom is -0.493 e. The van der Waals surface area contributed by atoms with E-state index in [9.17, 15) is 10.4 Å². The van der Waals surface area contributed by atoms with Crippen LogP contribution in [0.5, 0.6) is 29.1 Å². The van der Waals surface area contributed by atoms with Crippen LogP contribution in [0.2, 0.25) is 0 Å². The van der Waals surface area contributed by atoms with Crippen molar-refractivity contribution in [3.63, 3.8) is 0 Å². The Morgan fingerprint density at radius 2 is 1.57 bits per heavy atom. The van der Waals surface area contributed by atoms with Gasteiger partial charge in [-0.05, 0) is 56.4 Å². The van der Waals surface area contributed by atoms with Crippen molar-refractivity contribution >= 4 is 10.9 Å². The molecule has 0 amide bonds. The van der Waals surface area contributed by atoms with Crippen molar-refractivity contribution in [2.24, 2.45) is 0 Å². The number of fused-ring (bicyclic) bond motifs is 1. The van der Waals surface area contributed by atoms with Gasteiger partial charge >= 0.3 is 0 Å². The third-order valence-corrected chi connectivity index (χ3v) is 7.30. The Bertz CT molecular complexity index is 1580. The Labute approximate surface area is 246 Å². The Hall–Kier alpha value is -4.59. The quantitative estimate of drug-likeness (QED) is 0.260. The van der Waals surface area contributed by atoms with Gasteiger partial charge in [-0.2, -0.15) is 10.2 Å². The monoisotopic (exact) mass is 572 g/mol. The summed E-state index contributed by atoms with van der Waals surface area (Å²) in [5.74, 6) is 1.03. The number of rotatable bonds is 12. The lowest BCUT2D eigenvalue weighted by molar-refractivity contribution is 0.00267. The van der Waals surface area contributed by atoms with Gasteiger partial charge in [0.1, 0.15) is 5.60 Å². The first-order chi connectivity index (χ1) is 20.2. The predicted octanol–water partition coefficient (Wildman–Crippen LogP) is 4.52. The Morgan fingerprint density at radius 3 is 2.14 bits per heavy atom. The maximum Gasteiger partial charge on any atom is 0.217 e. The molecule has 2 aromatic carbocycles. The van der Waals surface area contributed by atoms with E-state index in [1.807, 2.05) is 37.2 Å². The van der Waals surface area contributed by atoms with Crippen LogP contribution in [0, 0.1) is 11.3 Å². The highest BCUT2D eigenvalue weighted by Crippen LogP contribution is 2.52.